The molecule has 2 rings (SSSR count). The van der Waals surface area contributed by atoms with Crippen LogP contribution in [0.5, 0.6) is 0 Å². The molecule has 1 heterocycles. The van der Waals surface area contributed by atoms with Crippen LogP contribution in [0.1, 0.15) is 21.5 Å². The Hall–Kier alpha value is -2.23. The van der Waals surface area contributed by atoms with Gasteiger partial charge < -0.3 is 15.1 Å². The second-order valence-corrected chi connectivity index (χ2v) is 4.37. The highest BCUT2D eigenvalue weighted by molar-refractivity contribution is 5.95. The zero-order valence-electron chi connectivity index (χ0n) is 10.5. The Morgan fingerprint density at radius 1 is 1.39 bits per heavy atom. The summed E-state index contributed by atoms with van der Waals surface area (Å²) >= 11 is 0. The van der Waals surface area contributed by atoms with Crippen molar-refractivity contribution in [2.24, 2.45) is 0 Å². The van der Waals surface area contributed by atoms with E-state index in [0.717, 1.165) is 11.1 Å². The van der Waals surface area contributed by atoms with Crippen LogP contribution in [0.4, 0.5) is 5.69 Å². The number of hydrogen-bond acceptors (Lipinski definition) is 3. The molecule has 2 aromatic rings. The van der Waals surface area contributed by atoms with Crippen molar-refractivity contribution in [1.29, 1.82) is 0 Å². The summed E-state index contributed by atoms with van der Waals surface area (Å²) in [5, 5.41) is 0. The average Bonchev–Trinajstić information content (AvgIpc) is 2.81. The molecule has 0 radical (unpaired) electrons. The van der Waals surface area contributed by atoms with Crippen LogP contribution < -0.4 is 5.73 Å². The molecule has 0 saturated carbocycles. The third-order valence-corrected chi connectivity index (χ3v) is 2.83. The minimum Gasteiger partial charge on any atom is -0.472 e. The topological polar surface area (TPSA) is 59.5 Å². The number of carbonyl (C=O) groups is 1. The molecule has 0 atom stereocenters. The van der Waals surface area contributed by atoms with Gasteiger partial charge in [-0.05, 0) is 36.8 Å². The summed E-state index contributed by atoms with van der Waals surface area (Å²) < 4.78 is 4.99. The molecule has 0 saturated heterocycles. The number of benzene rings is 1. The fraction of sp³-hybridized carbons (Fsp3) is 0.214. The maximum atomic E-state index is 12.3. The summed E-state index contributed by atoms with van der Waals surface area (Å²) in [5.74, 6) is -0.0197. The number of carbonyl (C=O) groups excluding carboxylic acids is 1. The number of nitrogen functional groups attached to an aromatic ring is 1. The Kier molecular flexibility index (Phi) is 3.37. The summed E-state index contributed by atoms with van der Waals surface area (Å²) in [4.78, 5) is 13.9. The van der Waals surface area contributed by atoms with Crippen LogP contribution in [-0.4, -0.2) is 17.9 Å². The monoisotopic (exact) mass is 244 g/mol. The van der Waals surface area contributed by atoms with Gasteiger partial charge in [0.2, 0.25) is 0 Å². The number of aryl methyl sites for hydroxylation is 1. The normalized spacial score (nSPS) is 10.3. The van der Waals surface area contributed by atoms with Gasteiger partial charge in [0.05, 0.1) is 12.5 Å². The Bertz CT molecular complexity index is 547. The smallest absolute Gasteiger partial charge is 0.254 e. The highest BCUT2D eigenvalue weighted by Gasteiger charge is 2.14. The molecule has 1 aromatic carbocycles. The van der Waals surface area contributed by atoms with Crippen LogP contribution >= 0.6 is 0 Å². The van der Waals surface area contributed by atoms with E-state index in [1.54, 1.807) is 42.7 Å². The second kappa shape index (κ2) is 4.96. The highest BCUT2D eigenvalue weighted by atomic mass is 16.3. The molecule has 0 aliphatic rings. The summed E-state index contributed by atoms with van der Waals surface area (Å²) in [7, 11) is 1.77. The lowest BCUT2D eigenvalue weighted by molar-refractivity contribution is 0.0784. The molecule has 4 nitrogen and oxygen atoms in total. The summed E-state index contributed by atoms with van der Waals surface area (Å²) in [5.41, 5.74) is 8.88. The van der Waals surface area contributed by atoms with Crippen molar-refractivity contribution in [2.45, 2.75) is 13.5 Å². The minimum atomic E-state index is -0.0197. The van der Waals surface area contributed by atoms with Crippen LogP contribution in [0.2, 0.25) is 0 Å². The Morgan fingerprint density at radius 2 is 2.17 bits per heavy atom. The number of nitrogens with zero attached hydrogens (tertiary/aromatic N) is 1. The first-order valence-corrected chi connectivity index (χ1v) is 5.70. The van der Waals surface area contributed by atoms with Crippen molar-refractivity contribution in [3.8, 4) is 0 Å². The van der Waals surface area contributed by atoms with Gasteiger partial charge in [-0.1, -0.05) is 0 Å². The van der Waals surface area contributed by atoms with Gasteiger partial charge in [-0.2, -0.15) is 0 Å². The highest BCUT2D eigenvalue weighted by Crippen LogP contribution is 2.15. The zero-order chi connectivity index (χ0) is 13.1. The Balaban J connectivity index is 2.15. The number of hydrogen-bond donors (Lipinski definition) is 1. The van der Waals surface area contributed by atoms with E-state index in [1.807, 2.05) is 13.0 Å². The largest absolute Gasteiger partial charge is 0.472 e. The van der Waals surface area contributed by atoms with E-state index >= 15 is 0 Å². The van der Waals surface area contributed by atoms with E-state index in [4.69, 9.17) is 10.2 Å². The number of nitrogens with two attached hydrogens (primary N) is 1. The number of furan rings is 1. The number of rotatable bonds is 3. The second-order valence-electron chi connectivity index (χ2n) is 4.37. The molecule has 1 amide bonds. The fourth-order valence-corrected chi connectivity index (χ4v) is 1.86. The van der Waals surface area contributed by atoms with Crippen LogP contribution in [-0.2, 0) is 6.54 Å². The molecular weight excluding hydrogens is 228 g/mol. The van der Waals surface area contributed by atoms with Crippen molar-refractivity contribution >= 4 is 11.6 Å². The van der Waals surface area contributed by atoms with Gasteiger partial charge in [-0.15, -0.1) is 0 Å². The van der Waals surface area contributed by atoms with Gasteiger partial charge in [-0.25, -0.2) is 0 Å². The Labute approximate surface area is 106 Å². The van der Waals surface area contributed by atoms with Gasteiger partial charge in [0, 0.05) is 30.4 Å². The summed E-state index contributed by atoms with van der Waals surface area (Å²) in [6, 6.07) is 7.16. The van der Waals surface area contributed by atoms with E-state index < -0.39 is 0 Å². The SMILES string of the molecule is Cc1cc(N)ccc1C(=O)N(C)Cc1ccoc1. The minimum absolute atomic E-state index is 0.0197. The lowest BCUT2D eigenvalue weighted by Gasteiger charge is -2.17. The van der Waals surface area contributed by atoms with Gasteiger partial charge in [0.25, 0.3) is 5.91 Å². The first-order chi connectivity index (χ1) is 8.58. The maximum Gasteiger partial charge on any atom is 0.254 e. The molecule has 0 spiro atoms. The molecule has 0 fully saturated rings. The van der Waals surface area contributed by atoms with E-state index in [2.05, 4.69) is 0 Å². The first-order valence-electron chi connectivity index (χ1n) is 5.70. The van der Waals surface area contributed by atoms with E-state index in [-0.39, 0.29) is 5.91 Å². The van der Waals surface area contributed by atoms with Crippen molar-refractivity contribution in [3.63, 3.8) is 0 Å². The van der Waals surface area contributed by atoms with Gasteiger partial charge >= 0.3 is 0 Å². The molecule has 0 aliphatic heterocycles. The summed E-state index contributed by atoms with van der Waals surface area (Å²) in [6.45, 7) is 2.41. The molecular formula is C14H16N2O2. The first kappa shape index (κ1) is 12.2. The van der Waals surface area contributed by atoms with Crippen LogP contribution in [0.25, 0.3) is 0 Å². The Morgan fingerprint density at radius 3 is 2.78 bits per heavy atom. The van der Waals surface area contributed by atoms with Crippen molar-refractivity contribution < 1.29 is 9.21 Å². The fourth-order valence-electron chi connectivity index (χ4n) is 1.86. The molecule has 94 valence electrons. The molecule has 4 heteroatoms. The predicted octanol–water partition coefficient (Wildman–Crippen LogP) is 2.44. The van der Waals surface area contributed by atoms with E-state index in [1.165, 1.54) is 0 Å². The maximum absolute atomic E-state index is 12.3. The number of anilines is 1. The third-order valence-electron chi connectivity index (χ3n) is 2.83. The van der Waals surface area contributed by atoms with Crippen LogP contribution in [0.3, 0.4) is 0 Å². The quantitative estimate of drug-likeness (QED) is 0.844. The van der Waals surface area contributed by atoms with Crippen LogP contribution in [0.15, 0.2) is 41.2 Å². The van der Waals surface area contributed by atoms with Gasteiger partial charge in [0.15, 0.2) is 0 Å². The van der Waals surface area contributed by atoms with E-state index in [0.29, 0.717) is 17.8 Å². The summed E-state index contributed by atoms with van der Waals surface area (Å²) in [6.07, 6.45) is 3.24. The molecule has 18 heavy (non-hydrogen) atoms. The molecule has 0 unspecified atom stereocenters. The third kappa shape index (κ3) is 2.53. The molecule has 0 aliphatic carbocycles. The molecule has 1 aromatic heterocycles. The predicted molar refractivity (Wildman–Crippen MR) is 70.1 cm³/mol. The average molecular weight is 244 g/mol. The van der Waals surface area contributed by atoms with Crippen molar-refractivity contribution in [2.75, 3.05) is 12.8 Å². The standard InChI is InChI=1S/C14H16N2O2/c1-10-7-12(15)3-4-13(10)14(17)16(2)8-11-5-6-18-9-11/h3-7,9H,8,15H2,1-2H3. The van der Waals surface area contributed by atoms with Gasteiger partial charge in [0.1, 0.15) is 0 Å². The molecule has 0 bridgehead atoms. The van der Waals surface area contributed by atoms with Gasteiger partial charge in [-0.3, -0.25) is 4.79 Å². The van der Waals surface area contributed by atoms with E-state index in [9.17, 15) is 4.79 Å². The number of amides is 1. The lowest BCUT2D eigenvalue weighted by Crippen LogP contribution is -2.26. The lowest BCUT2D eigenvalue weighted by atomic mass is 10.1. The van der Waals surface area contributed by atoms with Crippen molar-refractivity contribution in [3.05, 3.63) is 53.5 Å². The van der Waals surface area contributed by atoms with Crippen molar-refractivity contribution in [1.82, 2.24) is 4.90 Å². The molecule has 2 N–H and O–H groups in total. The van der Waals surface area contributed by atoms with Crippen LogP contribution in [0, 0.1) is 6.92 Å². The zero-order valence-corrected chi connectivity index (χ0v) is 10.5.